The SMILES string of the molecule is CCOCCOc1cc(C)c2c(c1)CCCc1ccc(COc3ccc4c(c3)OCC4CC(=O)O)cc1-2. The Balaban J connectivity index is 1.32. The third-order valence-electron chi connectivity index (χ3n) is 7.12. The number of aryl methyl sites for hydroxylation is 3. The van der Waals surface area contributed by atoms with Crippen LogP contribution in [0.2, 0.25) is 0 Å². The van der Waals surface area contributed by atoms with Gasteiger partial charge in [-0.25, -0.2) is 0 Å². The molecule has 6 nitrogen and oxygen atoms in total. The number of hydrogen-bond acceptors (Lipinski definition) is 5. The summed E-state index contributed by atoms with van der Waals surface area (Å²) in [5, 5.41) is 9.12. The Kier molecular flexibility index (Phi) is 7.65. The summed E-state index contributed by atoms with van der Waals surface area (Å²) in [6, 6.07) is 16.7. The van der Waals surface area contributed by atoms with Crippen molar-refractivity contribution < 1.29 is 28.8 Å². The van der Waals surface area contributed by atoms with Gasteiger partial charge in [-0.3, -0.25) is 4.79 Å². The van der Waals surface area contributed by atoms with Crippen LogP contribution in [0.3, 0.4) is 0 Å². The zero-order valence-corrected chi connectivity index (χ0v) is 21.5. The molecule has 6 heteroatoms. The smallest absolute Gasteiger partial charge is 0.304 e. The summed E-state index contributed by atoms with van der Waals surface area (Å²) in [5.74, 6) is 1.42. The molecule has 1 atom stereocenters. The summed E-state index contributed by atoms with van der Waals surface area (Å²) >= 11 is 0. The zero-order valence-electron chi connectivity index (χ0n) is 21.5. The fourth-order valence-corrected chi connectivity index (χ4v) is 5.38. The molecule has 0 aromatic heterocycles. The minimum absolute atomic E-state index is 0.0735. The molecule has 5 rings (SSSR count). The van der Waals surface area contributed by atoms with Crippen LogP contribution in [0.1, 0.15) is 53.5 Å². The van der Waals surface area contributed by atoms with Crippen molar-refractivity contribution in [1.29, 1.82) is 0 Å². The molecule has 3 aromatic carbocycles. The molecule has 0 amide bonds. The number of carbonyl (C=O) groups is 1. The standard InChI is InChI=1S/C31H34O6/c1-3-34-11-12-35-26-13-20(2)31-23(15-26)6-4-5-22-8-7-21(14-28(22)31)18-36-25-9-10-27-24(16-30(32)33)19-37-29(27)17-25/h7-10,13-15,17,24H,3-6,11-12,16,18-19H2,1-2H3,(H,32,33). The van der Waals surface area contributed by atoms with E-state index in [0.29, 0.717) is 33.0 Å². The molecule has 1 unspecified atom stereocenters. The number of fused-ring (bicyclic) bond motifs is 4. The van der Waals surface area contributed by atoms with Gasteiger partial charge in [-0.15, -0.1) is 0 Å². The molecule has 0 radical (unpaired) electrons. The van der Waals surface area contributed by atoms with E-state index in [2.05, 4.69) is 37.3 Å². The largest absolute Gasteiger partial charge is 0.492 e. The lowest BCUT2D eigenvalue weighted by Gasteiger charge is -2.17. The second-order valence-corrected chi connectivity index (χ2v) is 9.76. The molecule has 2 aliphatic rings. The van der Waals surface area contributed by atoms with E-state index in [1.807, 2.05) is 25.1 Å². The summed E-state index contributed by atoms with van der Waals surface area (Å²) < 4.78 is 23.2. The van der Waals surface area contributed by atoms with Crippen LogP contribution < -0.4 is 14.2 Å². The fraction of sp³-hybridized carbons (Fsp3) is 0.387. The molecule has 0 fully saturated rings. The van der Waals surface area contributed by atoms with Gasteiger partial charge < -0.3 is 24.1 Å². The molecule has 0 bridgehead atoms. The van der Waals surface area contributed by atoms with Crippen LogP contribution in [0.4, 0.5) is 0 Å². The number of benzene rings is 3. The van der Waals surface area contributed by atoms with E-state index < -0.39 is 5.97 Å². The first kappa shape index (κ1) is 25.2. The number of carboxylic acids is 1. The van der Waals surface area contributed by atoms with Crippen molar-refractivity contribution in [2.24, 2.45) is 0 Å². The Morgan fingerprint density at radius 2 is 1.86 bits per heavy atom. The Morgan fingerprint density at radius 1 is 1.00 bits per heavy atom. The lowest BCUT2D eigenvalue weighted by atomic mass is 9.91. The van der Waals surface area contributed by atoms with Crippen molar-refractivity contribution in [1.82, 2.24) is 0 Å². The summed E-state index contributed by atoms with van der Waals surface area (Å²) in [7, 11) is 0. The van der Waals surface area contributed by atoms with Gasteiger partial charge >= 0.3 is 5.97 Å². The van der Waals surface area contributed by atoms with Gasteiger partial charge in [0.2, 0.25) is 0 Å². The van der Waals surface area contributed by atoms with Crippen molar-refractivity contribution >= 4 is 5.97 Å². The van der Waals surface area contributed by atoms with E-state index in [-0.39, 0.29) is 12.3 Å². The van der Waals surface area contributed by atoms with Gasteiger partial charge in [0.05, 0.1) is 19.6 Å². The van der Waals surface area contributed by atoms with Crippen molar-refractivity contribution in [3.63, 3.8) is 0 Å². The summed E-state index contributed by atoms with van der Waals surface area (Å²) in [4.78, 5) is 11.1. The molecule has 1 aliphatic carbocycles. The second-order valence-electron chi connectivity index (χ2n) is 9.76. The summed E-state index contributed by atoms with van der Waals surface area (Å²) in [5.41, 5.74) is 8.54. The average Bonchev–Trinajstić information content (AvgIpc) is 3.16. The molecule has 194 valence electrons. The third-order valence-corrected chi connectivity index (χ3v) is 7.12. The number of ether oxygens (including phenoxy) is 4. The highest BCUT2D eigenvalue weighted by Crippen LogP contribution is 2.40. The molecular formula is C31H34O6. The van der Waals surface area contributed by atoms with E-state index in [1.54, 1.807) is 0 Å². The van der Waals surface area contributed by atoms with Gasteiger partial charge in [-0.2, -0.15) is 0 Å². The first-order valence-electron chi connectivity index (χ1n) is 13.1. The zero-order chi connectivity index (χ0) is 25.8. The van der Waals surface area contributed by atoms with Crippen LogP contribution in [0.25, 0.3) is 11.1 Å². The highest BCUT2D eigenvalue weighted by Gasteiger charge is 2.26. The lowest BCUT2D eigenvalue weighted by Crippen LogP contribution is -2.07. The van der Waals surface area contributed by atoms with Crippen molar-refractivity contribution in [3.05, 3.63) is 76.3 Å². The predicted octanol–water partition coefficient (Wildman–Crippen LogP) is 6.10. The minimum Gasteiger partial charge on any atom is -0.492 e. The Hall–Kier alpha value is -3.51. The van der Waals surface area contributed by atoms with Crippen molar-refractivity contribution in [2.75, 3.05) is 26.4 Å². The second kappa shape index (κ2) is 11.3. The van der Waals surface area contributed by atoms with Gasteiger partial charge in [0.1, 0.15) is 30.5 Å². The maximum atomic E-state index is 11.1. The van der Waals surface area contributed by atoms with Crippen LogP contribution in [0, 0.1) is 6.92 Å². The van der Waals surface area contributed by atoms with E-state index in [4.69, 9.17) is 24.1 Å². The van der Waals surface area contributed by atoms with E-state index in [9.17, 15) is 4.79 Å². The number of carboxylic acid groups (broad SMARTS) is 1. The number of hydrogen-bond donors (Lipinski definition) is 1. The summed E-state index contributed by atoms with van der Waals surface area (Å²) in [6.07, 6.45) is 3.25. The molecule has 0 spiro atoms. The monoisotopic (exact) mass is 502 g/mol. The Morgan fingerprint density at radius 3 is 2.70 bits per heavy atom. The Labute approximate surface area is 218 Å². The summed E-state index contributed by atoms with van der Waals surface area (Å²) in [6.45, 7) is 6.84. The molecule has 1 aliphatic heterocycles. The van der Waals surface area contributed by atoms with Crippen molar-refractivity contribution in [2.45, 2.75) is 52.1 Å². The number of rotatable bonds is 10. The van der Waals surface area contributed by atoms with Crippen LogP contribution in [0.5, 0.6) is 17.2 Å². The first-order chi connectivity index (χ1) is 18.0. The van der Waals surface area contributed by atoms with Crippen LogP contribution >= 0.6 is 0 Å². The van der Waals surface area contributed by atoms with Gasteiger partial charge in [-0.1, -0.05) is 18.2 Å². The molecule has 3 aromatic rings. The van der Waals surface area contributed by atoms with Crippen LogP contribution in [0.15, 0.2) is 48.5 Å². The van der Waals surface area contributed by atoms with E-state index in [0.717, 1.165) is 47.6 Å². The lowest BCUT2D eigenvalue weighted by molar-refractivity contribution is -0.137. The fourth-order valence-electron chi connectivity index (χ4n) is 5.38. The van der Waals surface area contributed by atoms with Gasteiger partial charge in [0.15, 0.2) is 0 Å². The van der Waals surface area contributed by atoms with Gasteiger partial charge in [-0.05, 0) is 90.8 Å². The molecule has 1 N–H and O–H groups in total. The minimum atomic E-state index is -0.813. The third kappa shape index (κ3) is 5.75. The predicted molar refractivity (Wildman–Crippen MR) is 142 cm³/mol. The van der Waals surface area contributed by atoms with E-state index >= 15 is 0 Å². The number of aliphatic carboxylic acids is 1. The first-order valence-corrected chi connectivity index (χ1v) is 13.1. The maximum absolute atomic E-state index is 11.1. The van der Waals surface area contributed by atoms with Crippen LogP contribution in [-0.2, 0) is 29.0 Å². The van der Waals surface area contributed by atoms with Gasteiger partial charge in [0.25, 0.3) is 0 Å². The molecule has 37 heavy (non-hydrogen) atoms. The highest BCUT2D eigenvalue weighted by molar-refractivity contribution is 5.76. The topological polar surface area (TPSA) is 74.2 Å². The molecule has 0 saturated carbocycles. The van der Waals surface area contributed by atoms with Gasteiger partial charge in [0, 0.05) is 24.2 Å². The molecular weight excluding hydrogens is 468 g/mol. The van der Waals surface area contributed by atoms with Crippen molar-refractivity contribution in [3.8, 4) is 28.4 Å². The highest BCUT2D eigenvalue weighted by atomic mass is 16.5. The quantitative estimate of drug-likeness (QED) is 0.338. The Bertz CT molecular complexity index is 1280. The van der Waals surface area contributed by atoms with E-state index in [1.165, 1.54) is 27.8 Å². The molecule has 0 saturated heterocycles. The normalized spacial score (nSPS) is 15.7. The molecule has 1 heterocycles. The maximum Gasteiger partial charge on any atom is 0.304 e. The van der Waals surface area contributed by atoms with Crippen LogP contribution in [-0.4, -0.2) is 37.5 Å². The average molecular weight is 503 g/mol.